The third-order valence-corrected chi connectivity index (χ3v) is 6.16. The predicted octanol–water partition coefficient (Wildman–Crippen LogP) is 3.98. The molecular weight excluding hydrogens is 460 g/mol. The van der Waals surface area contributed by atoms with Crippen molar-refractivity contribution in [3.05, 3.63) is 35.5 Å². The highest BCUT2D eigenvalue weighted by Gasteiger charge is 2.35. The topological polar surface area (TPSA) is 109 Å². The first-order chi connectivity index (χ1) is 17.2. The van der Waals surface area contributed by atoms with E-state index in [-0.39, 0.29) is 18.2 Å². The molecule has 1 aromatic heterocycles. The van der Waals surface area contributed by atoms with Crippen LogP contribution in [0.4, 0.5) is 21.1 Å². The smallest absolute Gasteiger partial charge is 0.410 e. The lowest BCUT2D eigenvalue weighted by atomic mass is 9.98. The van der Waals surface area contributed by atoms with Gasteiger partial charge in [-0.25, -0.2) is 19.6 Å². The molecule has 1 fully saturated rings. The van der Waals surface area contributed by atoms with Crippen molar-refractivity contribution >= 4 is 23.6 Å². The zero-order valence-corrected chi connectivity index (χ0v) is 21.8. The second kappa shape index (κ2) is 10.7. The van der Waals surface area contributed by atoms with Crippen molar-refractivity contribution < 1.29 is 19.1 Å². The van der Waals surface area contributed by atoms with Crippen molar-refractivity contribution in [3.63, 3.8) is 0 Å². The second-order valence-electron chi connectivity index (χ2n) is 10.00. The lowest BCUT2D eigenvalue weighted by Gasteiger charge is -2.38. The Labute approximate surface area is 212 Å². The Morgan fingerprint density at radius 3 is 2.44 bits per heavy atom. The van der Waals surface area contributed by atoms with Gasteiger partial charge in [0.2, 0.25) is 0 Å². The van der Waals surface area contributed by atoms with Crippen LogP contribution in [0.2, 0.25) is 0 Å². The monoisotopic (exact) mass is 496 g/mol. The van der Waals surface area contributed by atoms with Crippen LogP contribution in [0.25, 0.3) is 11.4 Å². The van der Waals surface area contributed by atoms with E-state index in [1.807, 2.05) is 58.9 Å². The van der Waals surface area contributed by atoms with Gasteiger partial charge in [0, 0.05) is 43.0 Å². The van der Waals surface area contributed by atoms with Gasteiger partial charge in [-0.05, 0) is 65.3 Å². The Hall–Kier alpha value is -3.40. The maximum atomic E-state index is 12.9. The number of carbonyl (C=O) groups excluding carboxylic acids is 2. The lowest BCUT2D eigenvalue weighted by Crippen LogP contribution is -2.44. The second-order valence-corrected chi connectivity index (χ2v) is 10.00. The van der Waals surface area contributed by atoms with Crippen LogP contribution in [0.5, 0.6) is 0 Å². The first-order valence-corrected chi connectivity index (χ1v) is 12.5. The fourth-order valence-corrected chi connectivity index (χ4v) is 4.42. The number of anilines is 2. The number of amides is 3. The molecular formula is C26H36N6O4. The molecule has 1 saturated heterocycles. The molecule has 1 atom stereocenters. The van der Waals surface area contributed by atoms with Gasteiger partial charge in [-0.1, -0.05) is 0 Å². The van der Waals surface area contributed by atoms with Crippen molar-refractivity contribution in [1.29, 1.82) is 0 Å². The Balaban J connectivity index is 1.69. The van der Waals surface area contributed by atoms with Gasteiger partial charge in [0.1, 0.15) is 11.4 Å². The highest BCUT2D eigenvalue weighted by Crippen LogP contribution is 2.36. The average molecular weight is 497 g/mol. The summed E-state index contributed by atoms with van der Waals surface area (Å²) in [5, 5.41) is 5.52. The molecule has 3 amide bonds. The van der Waals surface area contributed by atoms with Crippen LogP contribution in [0.15, 0.2) is 24.3 Å². The van der Waals surface area contributed by atoms with Crippen molar-refractivity contribution in [1.82, 2.24) is 20.2 Å². The molecule has 0 bridgehead atoms. The number of aromatic nitrogens is 2. The molecule has 194 valence electrons. The highest BCUT2D eigenvalue weighted by atomic mass is 16.6. The normalized spacial score (nSPS) is 17.9. The lowest BCUT2D eigenvalue weighted by molar-refractivity contribution is 0.0155. The number of urea groups is 1. The number of morpholine rings is 1. The molecule has 36 heavy (non-hydrogen) atoms. The van der Waals surface area contributed by atoms with Gasteiger partial charge in [0.25, 0.3) is 0 Å². The zero-order valence-electron chi connectivity index (χ0n) is 21.8. The summed E-state index contributed by atoms with van der Waals surface area (Å²) >= 11 is 0. The van der Waals surface area contributed by atoms with Gasteiger partial charge in [0.05, 0.1) is 24.9 Å². The Kier molecular flexibility index (Phi) is 7.63. The number of hydrogen-bond acceptors (Lipinski definition) is 7. The molecule has 1 aromatic carbocycles. The highest BCUT2D eigenvalue weighted by molar-refractivity contribution is 5.89. The number of rotatable bonds is 4. The minimum Gasteiger partial charge on any atom is -0.444 e. The molecule has 10 nitrogen and oxygen atoms in total. The van der Waals surface area contributed by atoms with Crippen molar-refractivity contribution in [2.24, 2.45) is 0 Å². The molecule has 1 unspecified atom stereocenters. The SMILES string of the molecule is CCNC(=O)Nc1ccc(-c2nc3c(c(N4CCOCC4)n2)CCN(C(=O)OC(C)(C)C)C3C)cc1. The number of benzene rings is 1. The van der Waals surface area contributed by atoms with Gasteiger partial charge in [-0.3, -0.25) is 4.90 Å². The van der Waals surface area contributed by atoms with E-state index in [0.29, 0.717) is 44.2 Å². The molecule has 2 aliphatic heterocycles. The minimum atomic E-state index is -0.573. The Morgan fingerprint density at radius 2 is 1.81 bits per heavy atom. The molecule has 0 aliphatic carbocycles. The van der Waals surface area contributed by atoms with E-state index in [1.165, 1.54) is 0 Å². The molecule has 4 rings (SSSR count). The predicted molar refractivity (Wildman–Crippen MR) is 138 cm³/mol. The van der Waals surface area contributed by atoms with Crippen LogP contribution in [0.3, 0.4) is 0 Å². The van der Waals surface area contributed by atoms with Crippen molar-refractivity contribution in [2.45, 2.75) is 52.7 Å². The number of nitrogens with one attached hydrogen (secondary N) is 2. The molecule has 0 radical (unpaired) electrons. The van der Waals surface area contributed by atoms with E-state index in [4.69, 9.17) is 19.4 Å². The quantitative estimate of drug-likeness (QED) is 0.659. The van der Waals surface area contributed by atoms with Crippen LogP contribution in [-0.2, 0) is 15.9 Å². The number of ether oxygens (including phenoxy) is 2. The summed E-state index contributed by atoms with van der Waals surface area (Å²) in [5.74, 6) is 1.48. The number of fused-ring (bicyclic) bond motifs is 1. The van der Waals surface area contributed by atoms with Gasteiger partial charge in [-0.2, -0.15) is 0 Å². The van der Waals surface area contributed by atoms with Gasteiger partial charge in [-0.15, -0.1) is 0 Å². The Morgan fingerprint density at radius 1 is 1.11 bits per heavy atom. The van der Waals surface area contributed by atoms with E-state index in [0.717, 1.165) is 35.7 Å². The fourth-order valence-electron chi connectivity index (χ4n) is 4.42. The van der Waals surface area contributed by atoms with Crippen molar-refractivity contribution in [2.75, 3.05) is 49.6 Å². The van der Waals surface area contributed by atoms with Crippen LogP contribution in [-0.4, -0.2) is 72.0 Å². The van der Waals surface area contributed by atoms with Crippen LogP contribution < -0.4 is 15.5 Å². The van der Waals surface area contributed by atoms with Crippen LogP contribution in [0.1, 0.15) is 51.9 Å². The van der Waals surface area contributed by atoms with Gasteiger partial charge in [0.15, 0.2) is 5.82 Å². The first-order valence-electron chi connectivity index (χ1n) is 12.5. The van der Waals surface area contributed by atoms with E-state index in [2.05, 4.69) is 15.5 Å². The number of hydrogen-bond donors (Lipinski definition) is 2. The maximum absolute atomic E-state index is 12.9. The van der Waals surface area contributed by atoms with E-state index < -0.39 is 5.60 Å². The summed E-state index contributed by atoms with van der Waals surface area (Å²) in [5.41, 5.74) is 2.85. The molecule has 2 aromatic rings. The number of carbonyl (C=O) groups is 2. The zero-order chi connectivity index (χ0) is 25.9. The maximum Gasteiger partial charge on any atom is 0.410 e. The van der Waals surface area contributed by atoms with Crippen molar-refractivity contribution in [3.8, 4) is 11.4 Å². The summed E-state index contributed by atoms with van der Waals surface area (Å²) in [4.78, 5) is 38.7. The largest absolute Gasteiger partial charge is 0.444 e. The van der Waals surface area contributed by atoms with Gasteiger partial charge < -0.3 is 25.0 Å². The summed E-state index contributed by atoms with van der Waals surface area (Å²) < 4.78 is 11.2. The van der Waals surface area contributed by atoms with E-state index in [9.17, 15) is 9.59 Å². The summed E-state index contributed by atoms with van der Waals surface area (Å²) in [7, 11) is 0. The van der Waals surface area contributed by atoms with Gasteiger partial charge >= 0.3 is 12.1 Å². The minimum absolute atomic E-state index is 0.249. The third-order valence-electron chi connectivity index (χ3n) is 6.16. The van der Waals surface area contributed by atoms with E-state index in [1.54, 1.807) is 4.90 Å². The molecule has 3 heterocycles. The molecule has 10 heteroatoms. The molecule has 2 aliphatic rings. The van der Waals surface area contributed by atoms with Crippen LogP contribution >= 0.6 is 0 Å². The summed E-state index contributed by atoms with van der Waals surface area (Å²) in [6.45, 7) is 13.4. The van der Waals surface area contributed by atoms with E-state index >= 15 is 0 Å². The first kappa shape index (κ1) is 25.7. The fraction of sp³-hybridized carbons (Fsp3) is 0.538. The number of nitrogens with zero attached hydrogens (tertiary/aromatic N) is 4. The molecule has 0 saturated carbocycles. The molecule has 2 N–H and O–H groups in total. The van der Waals surface area contributed by atoms with Crippen LogP contribution in [0, 0.1) is 0 Å². The third kappa shape index (κ3) is 5.87. The standard InChI is InChI=1S/C26H36N6O4/c1-6-27-24(33)28-19-9-7-18(8-10-19)22-29-21-17(2)32(25(34)36-26(3,4)5)12-11-20(21)23(30-22)31-13-15-35-16-14-31/h7-10,17H,6,11-16H2,1-5H3,(H2,27,28,33). The summed E-state index contributed by atoms with van der Waals surface area (Å²) in [6, 6.07) is 6.94. The Bertz CT molecular complexity index is 1090. The molecule has 0 spiro atoms. The average Bonchev–Trinajstić information content (AvgIpc) is 2.84. The summed E-state index contributed by atoms with van der Waals surface area (Å²) in [6.07, 6.45) is 0.316.